The van der Waals surface area contributed by atoms with Gasteiger partial charge in [0, 0.05) is 12.2 Å². The number of urea groups is 1. The second-order valence-corrected chi connectivity index (χ2v) is 5.20. The number of nitrogens with one attached hydrogen (secondary N) is 3. The van der Waals surface area contributed by atoms with Crippen molar-refractivity contribution in [3.63, 3.8) is 0 Å². The number of H-pyrrole nitrogens is 1. The smallest absolute Gasteiger partial charge is 0.315 e. The Balaban J connectivity index is 1.61. The summed E-state index contributed by atoms with van der Waals surface area (Å²) < 4.78 is 0. The molecule has 2 rings (SSSR count). The Morgan fingerprint density at radius 1 is 1.48 bits per heavy atom. The minimum Gasteiger partial charge on any atom is -0.481 e. The van der Waals surface area contributed by atoms with Gasteiger partial charge in [0.2, 0.25) is 0 Å². The Kier molecular flexibility index (Phi) is 4.97. The molecule has 0 fully saturated rings. The molecule has 1 aliphatic carbocycles. The Hall–Kier alpha value is -2.31. The molecule has 4 N–H and O–H groups in total. The lowest BCUT2D eigenvalue weighted by atomic mass is 10.1. The van der Waals surface area contributed by atoms with Gasteiger partial charge in [0.05, 0.1) is 18.2 Å². The highest BCUT2D eigenvalue weighted by Crippen LogP contribution is 2.17. The number of hydrogen-bond acceptors (Lipinski definition) is 3. The Morgan fingerprint density at radius 2 is 2.29 bits per heavy atom. The molecule has 0 aliphatic heterocycles. The number of amides is 2. The summed E-state index contributed by atoms with van der Waals surface area (Å²) in [6, 6.07) is -0.471. The van der Waals surface area contributed by atoms with E-state index in [1.54, 1.807) is 18.3 Å². The molecule has 2 unspecified atom stereocenters. The van der Waals surface area contributed by atoms with Crippen molar-refractivity contribution in [2.24, 2.45) is 5.92 Å². The highest BCUT2D eigenvalue weighted by atomic mass is 16.4. The van der Waals surface area contributed by atoms with Crippen molar-refractivity contribution in [1.29, 1.82) is 0 Å². The molecule has 1 heterocycles. The third-order valence-corrected chi connectivity index (χ3v) is 3.56. The van der Waals surface area contributed by atoms with E-state index >= 15 is 0 Å². The summed E-state index contributed by atoms with van der Waals surface area (Å²) in [5.41, 5.74) is 2.20. The number of aromatic nitrogens is 2. The molecule has 2 atom stereocenters. The Bertz CT molecular complexity index is 538. The third kappa shape index (κ3) is 4.34. The van der Waals surface area contributed by atoms with Crippen LogP contribution >= 0.6 is 0 Å². The van der Waals surface area contributed by atoms with E-state index in [1.165, 1.54) is 0 Å². The fourth-order valence-electron chi connectivity index (χ4n) is 2.32. The van der Waals surface area contributed by atoms with E-state index in [1.807, 2.05) is 6.92 Å². The van der Waals surface area contributed by atoms with Crippen LogP contribution in [0.4, 0.5) is 4.79 Å². The van der Waals surface area contributed by atoms with Crippen LogP contribution in [0.15, 0.2) is 18.3 Å². The average molecular weight is 292 g/mol. The maximum Gasteiger partial charge on any atom is 0.315 e. The van der Waals surface area contributed by atoms with E-state index < -0.39 is 11.9 Å². The molecule has 21 heavy (non-hydrogen) atoms. The second kappa shape index (κ2) is 6.92. The van der Waals surface area contributed by atoms with Crippen LogP contribution in [0.1, 0.15) is 24.1 Å². The summed E-state index contributed by atoms with van der Waals surface area (Å²) in [4.78, 5) is 22.5. The number of carbonyl (C=O) groups is 2. The van der Waals surface area contributed by atoms with Gasteiger partial charge in [-0.25, -0.2) is 4.79 Å². The minimum absolute atomic E-state index is 0.206. The van der Waals surface area contributed by atoms with Gasteiger partial charge in [0.25, 0.3) is 0 Å². The third-order valence-electron chi connectivity index (χ3n) is 3.56. The summed E-state index contributed by atoms with van der Waals surface area (Å²) in [6.07, 6.45) is 7.24. The molecule has 114 valence electrons. The van der Waals surface area contributed by atoms with Gasteiger partial charge in [-0.15, -0.1) is 0 Å². The van der Waals surface area contributed by atoms with Crippen LogP contribution in [-0.2, 0) is 11.2 Å². The summed E-state index contributed by atoms with van der Waals surface area (Å²) in [7, 11) is 0. The number of rotatable bonds is 6. The molecule has 0 spiro atoms. The molecule has 2 amide bonds. The Labute approximate surface area is 122 Å². The number of nitrogens with zero attached hydrogens (tertiary/aromatic N) is 1. The van der Waals surface area contributed by atoms with Crippen molar-refractivity contribution in [2.75, 3.05) is 6.54 Å². The van der Waals surface area contributed by atoms with Crippen molar-refractivity contribution in [3.05, 3.63) is 29.6 Å². The highest BCUT2D eigenvalue weighted by molar-refractivity contribution is 5.76. The molecule has 1 aromatic rings. The predicted molar refractivity (Wildman–Crippen MR) is 76.9 cm³/mol. The van der Waals surface area contributed by atoms with Crippen molar-refractivity contribution >= 4 is 12.0 Å². The monoisotopic (exact) mass is 292 g/mol. The molecular weight excluding hydrogens is 272 g/mol. The van der Waals surface area contributed by atoms with Gasteiger partial charge < -0.3 is 15.7 Å². The number of hydrogen-bond donors (Lipinski definition) is 4. The molecule has 0 bridgehead atoms. The summed E-state index contributed by atoms with van der Waals surface area (Å²) in [5.74, 6) is -1.36. The summed E-state index contributed by atoms with van der Waals surface area (Å²) >= 11 is 0. The van der Waals surface area contributed by atoms with Gasteiger partial charge in [-0.2, -0.15) is 5.10 Å². The molecule has 7 nitrogen and oxygen atoms in total. The fourth-order valence-corrected chi connectivity index (χ4v) is 2.32. The van der Waals surface area contributed by atoms with Gasteiger partial charge in [-0.3, -0.25) is 9.89 Å². The van der Waals surface area contributed by atoms with Gasteiger partial charge in [-0.1, -0.05) is 12.2 Å². The van der Waals surface area contributed by atoms with E-state index in [0.717, 1.165) is 24.1 Å². The normalized spacial score (nSPS) is 20.4. The zero-order chi connectivity index (χ0) is 15.2. The van der Waals surface area contributed by atoms with E-state index in [4.69, 9.17) is 5.11 Å². The first-order valence-corrected chi connectivity index (χ1v) is 7.00. The fraction of sp³-hybridized carbons (Fsp3) is 0.500. The molecule has 0 saturated carbocycles. The standard InChI is InChI=1S/C14H20N4O3/c1-9-11(8-16-18-9)3-2-6-15-14(21)17-12-5-4-10(7-12)13(19)20/h4-5,8,10,12H,2-3,6-7H2,1H3,(H,16,18)(H,19,20)(H2,15,17,21). The lowest BCUT2D eigenvalue weighted by Gasteiger charge is -2.13. The van der Waals surface area contributed by atoms with Gasteiger partial charge >= 0.3 is 12.0 Å². The zero-order valence-electron chi connectivity index (χ0n) is 11.9. The predicted octanol–water partition coefficient (Wildman–Crippen LogP) is 0.979. The van der Waals surface area contributed by atoms with Crippen molar-refractivity contribution < 1.29 is 14.7 Å². The first kappa shape index (κ1) is 15.1. The number of aryl methyl sites for hydroxylation is 2. The van der Waals surface area contributed by atoms with Crippen LogP contribution in [0.5, 0.6) is 0 Å². The quantitative estimate of drug-likeness (QED) is 0.463. The topological polar surface area (TPSA) is 107 Å². The zero-order valence-corrected chi connectivity index (χ0v) is 11.9. The van der Waals surface area contributed by atoms with E-state index in [9.17, 15) is 9.59 Å². The van der Waals surface area contributed by atoms with Crippen LogP contribution < -0.4 is 10.6 Å². The van der Waals surface area contributed by atoms with E-state index in [-0.39, 0.29) is 12.1 Å². The van der Waals surface area contributed by atoms with Crippen LogP contribution in [-0.4, -0.2) is 39.9 Å². The van der Waals surface area contributed by atoms with Crippen molar-refractivity contribution in [3.8, 4) is 0 Å². The number of carbonyl (C=O) groups excluding carboxylic acids is 1. The largest absolute Gasteiger partial charge is 0.481 e. The van der Waals surface area contributed by atoms with Gasteiger partial charge in [0.15, 0.2) is 0 Å². The molecule has 1 aliphatic rings. The van der Waals surface area contributed by atoms with Gasteiger partial charge in [-0.05, 0) is 31.7 Å². The first-order chi connectivity index (χ1) is 10.1. The van der Waals surface area contributed by atoms with Crippen LogP contribution in [0.25, 0.3) is 0 Å². The molecule has 7 heteroatoms. The number of carboxylic acid groups (broad SMARTS) is 1. The molecular formula is C14H20N4O3. The number of aromatic amines is 1. The molecule has 0 radical (unpaired) electrons. The highest BCUT2D eigenvalue weighted by Gasteiger charge is 2.25. The maximum atomic E-state index is 11.7. The Morgan fingerprint density at radius 3 is 2.90 bits per heavy atom. The molecule has 0 saturated heterocycles. The molecule has 0 aromatic carbocycles. The van der Waals surface area contributed by atoms with E-state index in [2.05, 4.69) is 20.8 Å². The van der Waals surface area contributed by atoms with Crippen LogP contribution in [0, 0.1) is 12.8 Å². The van der Waals surface area contributed by atoms with Crippen molar-refractivity contribution in [1.82, 2.24) is 20.8 Å². The first-order valence-electron chi connectivity index (χ1n) is 7.00. The van der Waals surface area contributed by atoms with E-state index in [0.29, 0.717) is 13.0 Å². The lowest BCUT2D eigenvalue weighted by molar-refractivity contribution is -0.140. The minimum atomic E-state index is -0.855. The van der Waals surface area contributed by atoms with Crippen molar-refractivity contribution in [2.45, 2.75) is 32.2 Å². The average Bonchev–Trinajstić information content (AvgIpc) is 3.04. The number of aliphatic carboxylic acids is 1. The maximum absolute atomic E-state index is 11.7. The van der Waals surface area contributed by atoms with Crippen LogP contribution in [0.3, 0.4) is 0 Å². The SMILES string of the molecule is Cc1[nH]ncc1CCCNC(=O)NC1C=CC(C(=O)O)C1. The summed E-state index contributed by atoms with van der Waals surface area (Å²) in [5, 5.41) is 21.2. The molecule has 1 aromatic heterocycles. The summed E-state index contributed by atoms with van der Waals surface area (Å²) in [6.45, 7) is 2.53. The second-order valence-electron chi connectivity index (χ2n) is 5.20. The van der Waals surface area contributed by atoms with Gasteiger partial charge in [0.1, 0.15) is 0 Å². The lowest BCUT2D eigenvalue weighted by Crippen LogP contribution is -2.41. The number of carboxylic acids is 1. The van der Waals surface area contributed by atoms with Crippen LogP contribution in [0.2, 0.25) is 0 Å².